The van der Waals surface area contributed by atoms with Crippen molar-refractivity contribution in [3.63, 3.8) is 0 Å². The summed E-state index contributed by atoms with van der Waals surface area (Å²) in [5.74, 6) is 1.22. The van der Waals surface area contributed by atoms with E-state index in [1.54, 1.807) is 31.2 Å². The van der Waals surface area contributed by atoms with E-state index in [1.807, 2.05) is 4.90 Å². The Bertz CT molecular complexity index is 565. The number of amides is 1. The van der Waals surface area contributed by atoms with Crippen LogP contribution >= 0.6 is 0 Å². The van der Waals surface area contributed by atoms with Crippen LogP contribution in [0.2, 0.25) is 0 Å². The van der Waals surface area contributed by atoms with E-state index in [4.69, 9.17) is 4.74 Å². The number of nitrogens with zero attached hydrogens (tertiary/aromatic N) is 1. The zero-order chi connectivity index (χ0) is 17.5. The first-order valence-electron chi connectivity index (χ1n) is 8.78. The molecule has 1 atom stereocenters. The monoisotopic (exact) mass is 332 g/mol. The SMILES string of the molecule is CCNCC1CCN(C(=O)C(C)Oc2cccc(C(C)=O)c2)CC1. The van der Waals surface area contributed by atoms with Crippen molar-refractivity contribution >= 4 is 11.7 Å². The lowest BCUT2D eigenvalue weighted by molar-refractivity contribution is -0.139. The average molecular weight is 332 g/mol. The second-order valence-corrected chi connectivity index (χ2v) is 6.42. The quantitative estimate of drug-likeness (QED) is 0.780. The molecule has 5 nitrogen and oxygen atoms in total. The van der Waals surface area contributed by atoms with Gasteiger partial charge < -0.3 is 15.0 Å². The zero-order valence-electron chi connectivity index (χ0n) is 14.9. The fourth-order valence-corrected chi connectivity index (χ4v) is 3.01. The maximum Gasteiger partial charge on any atom is 0.263 e. The van der Waals surface area contributed by atoms with E-state index in [9.17, 15) is 9.59 Å². The third-order valence-corrected chi connectivity index (χ3v) is 4.51. The van der Waals surface area contributed by atoms with Crippen LogP contribution in [-0.4, -0.2) is 48.9 Å². The van der Waals surface area contributed by atoms with E-state index in [1.165, 1.54) is 6.92 Å². The van der Waals surface area contributed by atoms with Gasteiger partial charge in [-0.15, -0.1) is 0 Å². The van der Waals surface area contributed by atoms with E-state index in [2.05, 4.69) is 12.2 Å². The Labute approximate surface area is 144 Å². The van der Waals surface area contributed by atoms with Crippen LogP contribution in [0.15, 0.2) is 24.3 Å². The molecule has 0 radical (unpaired) electrons. The molecule has 1 fully saturated rings. The Balaban J connectivity index is 1.86. The molecule has 1 aromatic rings. The number of piperidine rings is 1. The van der Waals surface area contributed by atoms with Gasteiger partial charge in [-0.1, -0.05) is 19.1 Å². The molecule has 1 aliphatic rings. The van der Waals surface area contributed by atoms with Crippen LogP contribution in [0.25, 0.3) is 0 Å². The second-order valence-electron chi connectivity index (χ2n) is 6.42. The molecule has 1 heterocycles. The van der Waals surface area contributed by atoms with Crippen molar-refractivity contribution in [3.05, 3.63) is 29.8 Å². The van der Waals surface area contributed by atoms with Crippen LogP contribution in [0, 0.1) is 5.92 Å². The van der Waals surface area contributed by atoms with Crippen molar-refractivity contribution in [3.8, 4) is 5.75 Å². The fourth-order valence-electron chi connectivity index (χ4n) is 3.01. The molecule has 1 N–H and O–H groups in total. The third-order valence-electron chi connectivity index (χ3n) is 4.51. The molecular formula is C19H28N2O3. The molecular weight excluding hydrogens is 304 g/mol. The standard InChI is InChI=1S/C19H28N2O3/c1-4-20-13-16-8-10-21(11-9-16)19(23)15(3)24-18-7-5-6-17(12-18)14(2)22/h5-7,12,15-16,20H,4,8-11,13H2,1-3H3. The van der Waals surface area contributed by atoms with E-state index in [0.29, 0.717) is 17.2 Å². The molecule has 0 bridgehead atoms. The summed E-state index contributed by atoms with van der Waals surface area (Å²) in [5.41, 5.74) is 0.594. The molecule has 2 rings (SSSR count). The smallest absolute Gasteiger partial charge is 0.263 e. The highest BCUT2D eigenvalue weighted by molar-refractivity contribution is 5.94. The first-order chi connectivity index (χ1) is 11.5. The lowest BCUT2D eigenvalue weighted by atomic mass is 9.96. The third kappa shape index (κ3) is 5.06. The molecule has 0 aromatic heterocycles. The Morgan fingerprint density at radius 2 is 2.04 bits per heavy atom. The summed E-state index contributed by atoms with van der Waals surface area (Å²) in [6, 6.07) is 6.99. The van der Waals surface area contributed by atoms with Crippen molar-refractivity contribution in [1.29, 1.82) is 0 Å². The van der Waals surface area contributed by atoms with Crippen LogP contribution in [0.4, 0.5) is 0 Å². The van der Waals surface area contributed by atoms with Gasteiger partial charge in [0.15, 0.2) is 11.9 Å². The highest BCUT2D eigenvalue weighted by Crippen LogP contribution is 2.20. The number of carbonyl (C=O) groups excluding carboxylic acids is 2. The summed E-state index contributed by atoms with van der Waals surface area (Å²) < 4.78 is 5.76. The minimum atomic E-state index is -0.544. The molecule has 1 aliphatic heterocycles. The van der Waals surface area contributed by atoms with Gasteiger partial charge in [-0.05, 0) is 57.8 Å². The van der Waals surface area contributed by atoms with Crippen LogP contribution in [0.1, 0.15) is 44.0 Å². The Morgan fingerprint density at radius 3 is 2.67 bits per heavy atom. The number of benzene rings is 1. The number of ether oxygens (including phenoxy) is 1. The predicted molar refractivity (Wildman–Crippen MR) is 94.4 cm³/mol. The number of likely N-dealkylation sites (tertiary alicyclic amines) is 1. The van der Waals surface area contributed by atoms with Crippen LogP contribution in [0.5, 0.6) is 5.75 Å². The van der Waals surface area contributed by atoms with Gasteiger partial charge in [0.1, 0.15) is 5.75 Å². The van der Waals surface area contributed by atoms with Gasteiger partial charge >= 0.3 is 0 Å². The highest BCUT2D eigenvalue weighted by atomic mass is 16.5. The normalized spacial score (nSPS) is 16.7. The molecule has 0 aliphatic carbocycles. The van der Waals surface area contributed by atoms with Gasteiger partial charge in [0.05, 0.1) is 0 Å². The Morgan fingerprint density at radius 1 is 1.33 bits per heavy atom. The average Bonchev–Trinajstić information content (AvgIpc) is 2.60. The second kappa shape index (κ2) is 8.83. The van der Waals surface area contributed by atoms with Gasteiger partial charge in [-0.25, -0.2) is 0 Å². The first kappa shape index (κ1) is 18.5. The minimum absolute atomic E-state index is 0.0119. The molecule has 24 heavy (non-hydrogen) atoms. The van der Waals surface area contributed by atoms with E-state index >= 15 is 0 Å². The number of ketones is 1. The number of Topliss-reactive ketones (excluding diaryl/α,β-unsaturated/α-hetero) is 1. The molecule has 0 spiro atoms. The summed E-state index contributed by atoms with van der Waals surface area (Å²) in [4.78, 5) is 25.9. The van der Waals surface area contributed by atoms with Gasteiger partial charge in [0.2, 0.25) is 0 Å². The Hall–Kier alpha value is -1.88. The lowest BCUT2D eigenvalue weighted by Crippen LogP contribution is -2.45. The van der Waals surface area contributed by atoms with Crippen molar-refractivity contribution in [1.82, 2.24) is 10.2 Å². The lowest BCUT2D eigenvalue weighted by Gasteiger charge is -2.33. The van der Waals surface area contributed by atoms with Crippen molar-refractivity contribution in [2.45, 2.75) is 39.7 Å². The van der Waals surface area contributed by atoms with Gasteiger partial charge in [-0.3, -0.25) is 9.59 Å². The number of hydrogen-bond donors (Lipinski definition) is 1. The molecule has 1 amide bonds. The van der Waals surface area contributed by atoms with Crippen LogP contribution < -0.4 is 10.1 Å². The number of rotatable bonds is 7. The summed E-state index contributed by atoms with van der Waals surface area (Å²) >= 11 is 0. The van der Waals surface area contributed by atoms with E-state index in [0.717, 1.165) is 39.0 Å². The first-order valence-corrected chi connectivity index (χ1v) is 8.78. The van der Waals surface area contributed by atoms with Gasteiger partial charge in [-0.2, -0.15) is 0 Å². The summed E-state index contributed by atoms with van der Waals surface area (Å²) in [6.07, 6.45) is 1.52. The van der Waals surface area contributed by atoms with E-state index in [-0.39, 0.29) is 11.7 Å². The van der Waals surface area contributed by atoms with Gasteiger partial charge in [0.25, 0.3) is 5.91 Å². The summed E-state index contributed by atoms with van der Waals surface area (Å²) in [5, 5.41) is 3.38. The molecule has 1 saturated heterocycles. The summed E-state index contributed by atoms with van der Waals surface area (Å²) in [6.45, 7) is 9.00. The fraction of sp³-hybridized carbons (Fsp3) is 0.579. The molecule has 5 heteroatoms. The number of hydrogen-bond acceptors (Lipinski definition) is 4. The van der Waals surface area contributed by atoms with Crippen LogP contribution in [-0.2, 0) is 4.79 Å². The molecule has 1 aromatic carbocycles. The van der Waals surface area contributed by atoms with E-state index < -0.39 is 6.10 Å². The van der Waals surface area contributed by atoms with Crippen LogP contribution in [0.3, 0.4) is 0 Å². The minimum Gasteiger partial charge on any atom is -0.481 e. The van der Waals surface area contributed by atoms with Crippen molar-refractivity contribution < 1.29 is 14.3 Å². The van der Waals surface area contributed by atoms with Crippen molar-refractivity contribution in [2.24, 2.45) is 5.92 Å². The molecule has 0 saturated carbocycles. The number of carbonyl (C=O) groups is 2. The summed E-state index contributed by atoms with van der Waals surface area (Å²) in [7, 11) is 0. The van der Waals surface area contributed by atoms with Crippen molar-refractivity contribution in [2.75, 3.05) is 26.2 Å². The predicted octanol–water partition coefficient (Wildman–Crippen LogP) is 2.50. The largest absolute Gasteiger partial charge is 0.481 e. The maximum atomic E-state index is 12.6. The zero-order valence-corrected chi connectivity index (χ0v) is 14.9. The Kier molecular flexibility index (Phi) is 6.79. The van der Waals surface area contributed by atoms with Gasteiger partial charge in [0, 0.05) is 18.7 Å². The maximum absolute atomic E-state index is 12.6. The highest BCUT2D eigenvalue weighted by Gasteiger charge is 2.26. The molecule has 1 unspecified atom stereocenters. The number of nitrogens with one attached hydrogen (secondary N) is 1. The molecule has 132 valence electrons. The topological polar surface area (TPSA) is 58.6 Å².